The summed E-state index contributed by atoms with van der Waals surface area (Å²) < 4.78 is 11.3. The van der Waals surface area contributed by atoms with Crippen LogP contribution in [0.5, 0.6) is 11.5 Å². The number of halogens is 1. The maximum atomic E-state index is 5.97. The molecule has 140 valence electrons. The summed E-state index contributed by atoms with van der Waals surface area (Å²) in [5.41, 5.74) is 6.85. The molecule has 0 aliphatic carbocycles. The molecule has 3 rings (SSSR count). The molecule has 0 amide bonds. The SMILES string of the molecule is I.NC(=NCCCCN1CCCC1)Nc1ccc2c(c1)OCCCO2. The molecule has 3 N–H and O–H groups in total. The molecule has 0 saturated carbocycles. The Hall–Kier alpha value is -1.22. The zero-order valence-electron chi connectivity index (χ0n) is 14.7. The van der Waals surface area contributed by atoms with Crippen molar-refractivity contribution >= 4 is 35.6 Å². The smallest absolute Gasteiger partial charge is 0.193 e. The van der Waals surface area contributed by atoms with E-state index in [2.05, 4.69) is 15.2 Å². The fourth-order valence-electron chi connectivity index (χ4n) is 3.08. The van der Waals surface area contributed by atoms with Gasteiger partial charge in [0.15, 0.2) is 17.5 Å². The zero-order chi connectivity index (χ0) is 16.6. The Morgan fingerprint density at radius 3 is 2.64 bits per heavy atom. The molecular formula is C18H29IN4O2. The fourth-order valence-corrected chi connectivity index (χ4v) is 3.08. The van der Waals surface area contributed by atoms with Crippen molar-refractivity contribution in [2.24, 2.45) is 10.7 Å². The quantitative estimate of drug-likeness (QED) is 0.296. The predicted molar refractivity (Wildman–Crippen MR) is 112 cm³/mol. The number of unbranched alkanes of at least 4 members (excludes halogenated alkanes) is 1. The van der Waals surface area contributed by atoms with Gasteiger partial charge in [-0.2, -0.15) is 0 Å². The highest BCUT2D eigenvalue weighted by molar-refractivity contribution is 14.0. The van der Waals surface area contributed by atoms with Gasteiger partial charge in [0.2, 0.25) is 0 Å². The molecule has 1 fully saturated rings. The van der Waals surface area contributed by atoms with Gasteiger partial charge >= 0.3 is 0 Å². The third kappa shape index (κ3) is 6.54. The Balaban J connectivity index is 0.00000225. The third-order valence-corrected chi connectivity index (χ3v) is 4.38. The van der Waals surface area contributed by atoms with Gasteiger partial charge < -0.3 is 25.4 Å². The zero-order valence-corrected chi connectivity index (χ0v) is 17.0. The van der Waals surface area contributed by atoms with Gasteiger partial charge in [0.25, 0.3) is 0 Å². The number of anilines is 1. The topological polar surface area (TPSA) is 72.1 Å². The van der Waals surface area contributed by atoms with E-state index in [0.717, 1.165) is 36.6 Å². The minimum absolute atomic E-state index is 0. The van der Waals surface area contributed by atoms with Crippen LogP contribution < -0.4 is 20.5 Å². The predicted octanol–water partition coefficient (Wildman–Crippen LogP) is 3.07. The maximum Gasteiger partial charge on any atom is 0.193 e. The number of nitrogens with zero attached hydrogens (tertiary/aromatic N) is 2. The highest BCUT2D eigenvalue weighted by Crippen LogP contribution is 2.32. The summed E-state index contributed by atoms with van der Waals surface area (Å²) in [4.78, 5) is 6.94. The highest BCUT2D eigenvalue weighted by Gasteiger charge is 2.11. The van der Waals surface area contributed by atoms with Crippen LogP contribution in [0.4, 0.5) is 5.69 Å². The number of guanidine groups is 1. The number of fused-ring (bicyclic) bond motifs is 1. The van der Waals surface area contributed by atoms with Crippen LogP contribution in [0, 0.1) is 0 Å². The molecule has 6 nitrogen and oxygen atoms in total. The van der Waals surface area contributed by atoms with Crippen LogP contribution in [-0.4, -0.2) is 50.3 Å². The molecule has 7 heteroatoms. The molecule has 2 aliphatic heterocycles. The molecule has 25 heavy (non-hydrogen) atoms. The lowest BCUT2D eigenvalue weighted by atomic mass is 10.2. The van der Waals surface area contributed by atoms with Crippen molar-refractivity contribution in [1.82, 2.24) is 4.90 Å². The third-order valence-electron chi connectivity index (χ3n) is 4.38. The summed E-state index contributed by atoms with van der Waals surface area (Å²) in [7, 11) is 0. The van der Waals surface area contributed by atoms with Crippen LogP contribution in [0.1, 0.15) is 32.1 Å². The van der Waals surface area contributed by atoms with E-state index in [-0.39, 0.29) is 24.0 Å². The van der Waals surface area contributed by atoms with Crippen LogP contribution >= 0.6 is 24.0 Å². The van der Waals surface area contributed by atoms with E-state index in [1.165, 1.54) is 38.9 Å². The van der Waals surface area contributed by atoms with E-state index in [9.17, 15) is 0 Å². The summed E-state index contributed by atoms with van der Waals surface area (Å²) >= 11 is 0. The van der Waals surface area contributed by atoms with Crippen molar-refractivity contribution in [2.45, 2.75) is 32.1 Å². The van der Waals surface area contributed by atoms with Crippen molar-refractivity contribution in [3.63, 3.8) is 0 Å². The molecule has 0 bridgehead atoms. The number of likely N-dealkylation sites (tertiary alicyclic amines) is 1. The Morgan fingerprint density at radius 1 is 1.08 bits per heavy atom. The Labute approximate surface area is 167 Å². The van der Waals surface area contributed by atoms with Crippen LogP contribution in [0.3, 0.4) is 0 Å². The van der Waals surface area contributed by atoms with Gasteiger partial charge in [0.1, 0.15) is 0 Å². The van der Waals surface area contributed by atoms with Gasteiger partial charge in [-0.25, -0.2) is 0 Å². The number of hydrogen-bond acceptors (Lipinski definition) is 4. The van der Waals surface area contributed by atoms with Gasteiger partial charge in [-0.05, 0) is 57.5 Å². The minimum Gasteiger partial charge on any atom is -0.490 e. The number of benzene rings is 1. The highest BCUT2D eigenvalue weighted by atomic mass is 127. The van der Waals surface area contributed by atoms with Crippen LogP contribution in [0.2, 0.25) is 0 Å². The molecule has 1 aromatic carbocycles. The fraction of sp³-hybridized carbons (Fsp3) is 0.611. The van der Waals surface area contributed by atoms with Crippen LogP contribution in [0.15, 0.2) is 23.2 Å². The second-order valence-electron chi connectivity index (χ2n) is 6.36. The average molecular weight is 460 g/mol. The lowest BCUT2D eigenvalue weighted by Gasteiger charge is -2.13. The van der Waals surface area contributed by atoms with E-state index in [4.69, 9.17) is 15.2 Å². The van der Waals surface area contributed by atoms with Crippen LogP contribution in [0.25, 0.3) is 0 Å². The number of nitrogens with one attached hydrogen (secondary N) is 1. The average Bonchev–Trinajstić information content (AvgIpc) is 2.98. The Kier molecular flexibility index (Phi) is 8.60. The summed E-state index contributed by atoms with van der Waals surface area (Å²) in [5, 5.41) is 3.13. The molecule has 1 aromatic rings. The molecule has 1 saturated heterocycles. The van der Waals surface area contributed by atoms with Gasteiger partial charge in [0, 0.05) is 24.7 Å². The standard InChI is InChI=1S/C18H28N4O2.HI/c19-18(20-8-1-2-9-22-10-3-4-11-22)21-15-6-7-16-17(14-15)24-13-5-12-23-16;/h6-7,14H,1-5,8-13H2,(H3,19,20,21);1H. The molecule has 2 aliphatic rings. The van der Waals surface area contributed by atoms with Crippen molar-refractivity contribution in [1.29, 1.82) is 0 Å². The summed E-state index contributed by atoms with van der Waals surface area (Å²) in [6, 6.07) is 5.76. The van der Waals surface area contributed by atoms with E-state index >= 15 is 0 Å². The molecule has 0 atom stereocenters. The van der Waals surface area contributed by atoms with Crippen molar-refractivity contribution in [2.75, 3.05) is 44.7 Å². The Bertz CT molecular complexity index is 562. The largest absolute Gasteiger partial charge is 0.490 e. The lowest BCUT2D eigenvalue weighted by molar-refractivity contribution is 0.297. The first-order valence-corrected chi connectivity index (χ1v) is 9.00. The number of rotatable bonds is 6. The molecule has 0 radical (unpaired) electrons. The molecule has 0 unspecified atom stereocenters. The van der Waals surface area contributed by atoms with Crippen molar-refractivity contribution in [3.8, 4) is 11.5 Å². The molecular weight excluding hydrogens is 431 g/mol. The maximum absolute atomic E-state index is 5.97. The van der Waals surface area contributed by atoms with E-state index < -0.39 is 0 Å². The monoisotopic (exact) mass is 460 g/mol. The van der Waals surface area contributed by atoms with Gasteiger partial charge in [-0.15, -0.1) is 24.0 Å². The molecule has 2 heterocycles. The number of ether oxygens (including phenoxy) is 2. The first-order valence-electron chi connectivity index (χ1n) is 9.00. The second kappa shape index (κ2) is 10.7. The number of hydrogen-bond donors (Lipinski definition) is 2. The van der Waals surface area contributed by atoms with Gasteiger partial charge in [-0.3, -0.25) is 4.99 Å². The Morgan fingerprint density at radius 2 is 1.84 bits per heavy atom. The van der Waals surface area contributed by atoms with E-state index in [0.29, 0.717) is 19.2 Å². The second-order valence-corrected chi connectivity index (χ2v) is 6.36. The summed E-state index contributed by atoms with van der Waals surface area (Å²) in [6.07, 6.45) is 5.86. The van der Waals surface area contributed by atoms with E-state index in [1.807, 2.05) is 18.2 Å². The van der Waals surface area contributed by atoms with Crippen molar-refractivity contribution < 1.29 is 9.47 Å². The lowest BCUT2D eigenvalue weighted by Crippen LogP contribution is -2.23. The first kappa shape index (κ1) is 20.1. The van der Waals surface area contributed by atoms with Gasteiger partial charge in [-0.1, -0.05) is 0 Å². The minimum atomic E-state index is 0. The number of aliphatic imine (C=N–C) groups is 1. The normalized spacial score (nSPS) is 17.7. The summed E-state index contributed by atoms with van der Waals surface area (Å²) in [5.74, 6) is 2.00. The first-order chi connectivity index (χ1) is 11.8. The summed E-state index contributed by atoms with van der Waals surface area (Å²) in [6.45, 7) is 5.84. The van der Waals surface area contributed by atoms with Crippen LogP contribution in [-0.2, 0) is 0 Å². The molecule has 0 spiro atoms. The number of nitrogens with two attached hydrogens (primary N) is 1. The van der Waals surface area contributed by atoms with Gasteiger partial charge in [0.05, 0.1) is 13.2 Å². The van der Waals surface area contributed by atoms with Crippen molar-refractivity contribution in [3.05, 3.63) is 18.2 Å². The molecule has 0 aromatic heterocycles. The van der Waals surface area contributed by atoms with E-state index in [1.54, 1.807) is 0 Å².